The summed E-state index contributed by atoms with van der Waals surface area (Å²) in [5.74, 6) is -1.53. The molecule has 0 radical (unpaired) electrons. The number of hydrogen-bond acceptors (Lipinski definition) is 10. The Morgan fingerprint density at radius 3 is 2.05 bits per heavy atom. The van der Waals surface area contributed by atoms with E-state index in [1.165, 1.54) is 4.90 Å². The van der Waals surface area contributed by atoms with E-state index in [1.54, 1.807) is 49.5 Å². The molecular weight excluding hydrogens is 793 g/mol. The summed E-state index contributed by atoms with van der Waals surface area (Å²) in [6.45, 7) is 6.71. The minimum atomic E-state index is -1.16. The molecule has 16 heteroatoms. The lowest BCUT2D eigenvalue weighted by Crippen LogP contribution is -2.46. The van der Waals surface area contributed by atoms with Crippen molar-refractivity contribution in [1.82, 2.24) is 25.0 Å². The third kappa shape index (κ3) is 13.8. The van der Waals surface area contributed by atoms with Crippen LogP contribution in [0.15, 0.2) is 84.9 Å². The molecule has 7 N–H and O–H groups in total. The number of rotatable bonds is 23. The maximum absolute atomic E-state index is 13.8. The van der Waals surface area contributed by atoms with E-state index in [1.807, 2.05) is 49.5 Å². The average Bonchev–Trinajstić information content (AvgIpc) is 4.10. The standard InChI is InChI=1S/C46H58N8O8/c1-5-37(6-2)54(23-22-53(4)46(60)61)27-33-8-7-9-35(24-33)44(58)49-38-20-21-40(62-29-32-10-11-32)51-41(38)45(59)48-36-18-14-31(15-19-36)26-52(3)25-30-12-16-34(17-13-30)43(57)50-39(28-55)42(47)56/h7-9,12-21,24,32,37,39,55H,5-6,10-11,22-23,25-29H2,1-4H3,(H2,47,56)(H,48,59)(H,49,58)(H,50,57)(H,60,61)/t39-/m0/s1. The molecule has 0 unspecified atom stereocenters. The smallest absolute Gasteiger partial charge is 0.407 e. The second kappa shape index (κ2) is 22.5. The summed E-state index contributed by atoms with van der Waals surface area (Å²) in [5.41, 5.74) is 9.52. The number of nitrogens with two attached hydrogens (primary N) is 1. The highest BCUT2D eigenvalue weighted by atomic mass is 16.5. The van der Waals surface area contributed by atoms with Crippen LogP contribution >= 0.6 is 0 Å². The normalized spacial score (nSPS) is 12.8. The van der Waals surface area contributed by atoms with Crippen LogP contribution in [0.3, 0.4) is 0 Å². The van der Waals surface area contributed by atoms with Crippen LogP contribution in [-0.2, 0) is 24.4 Å². The number of aliphatic hydroxyl groups excluding tert-OH is 1. The first-order valence-electron chi connectivity index (χ1n) is 20.9. The third-order valence-electron chi connectivity index (χ3n) is 10.7. The van der Waals surface area contributed by atoms with Crippen molar-refractivity contribution in [3.8, 4) is 5.88 Å². The van der Waals surface area contributed by atoms with Gasteiger partial charge in [0.15, 0.2) is 5.69 Å². The van der Waals surface area contributed by atoms with E-state index < -0.39 is 42.4 Å². The topological polar surface area (TPSA) is 220 Å². The Morgan fingerprint density at radius 2 is 1.45 bits per heavy atom. The van der Waals surface area contributed by atoms with Gasteiger partial charge in [0.25, 0.3) is 17.7 Å². The number of benzene rings is 3. The van der Waals surface area contributed by atoms with E-state index in [4.69, 9.17) is 10.5 Å². The van der Waals surface area contributed by atoms with Crippen molar-refractivity contribution in [2.24, 2.45) is 11.7 Å². The maximum Gasteiger partial charge on any atom is 0.407 e. The zero-order valence-electron chi connectivity index (χ0n) is 35.8. The maximum atomic E-state index is 13.8. The van der Waals surface area contributed by atoms with Crippen molar-refractivity contribution in [1.29, 1.82) is 0 Å². The molecule has 1 heterocycles. The predicted molar refractivity (Wildman–Crippen MR) is 236 cm³/mol. The number of nitrogens with one attached hydrogen (secondary N) is 3. The van der Waals surface area contributed by atoms with Crippen LogP contribution in [0.1, 0.15) is 87.4 Å². The summed E-state index contributed by atoms with van der Waals surface area (Å²) in [6.07, 6.45) is 2.98. The number of carbonyl (C=O) groups excluding carboxylic acids is 4. The molecule has 1 fully saturated rings. The number of likely N-dealkylation sites (N-methyl/N-ethyl adjacent to an activating group) is 1. The molecule has 16 nitrogen and oxygen atoms in total. The van der Waals surface area contributed by atoms with Gasteiger partial charge in [0.2, 0.25) is 11.8 Å². The largest absolute Gasteiger partial charge is 0.477 e. The highest BCUT2D eigenvalue weighted by Crippen LogP contribution is 2.30. The van der Waals surface area contributed by atoms with Gasteiger partial charge in [-0.1, -0.05) is 50.2 Å². The SMILES string of the molecule is CCC(CC)N(CCN(C)C(=O)O)Cc1cccc(C(=O)Nc2ccc(OCC3CC3)nc2C(=O)Nc2ccc(CN(C)Cc3ccc(C(=O)N[C@@H](CO)C(N)=O)cc3)cc2)c1. The van der Waals surface area contributed by atoms with Crippen molar-refractivity contribution >= 4 is 41.1 Å². The molecule has 0 aliphatic heterocycles. The first-order chi connectivity index (χ1) is 29.8. The molecule has 1 saturated carbocycles. The van der Waals surface area contributed by atoms with Crippen molar-refractivity contribution < 1.29 is 38.9 Å². The summed E-state index contributed by atoms with van der Waals surface area (Å²) in [4.78, 5) is 73.0. The highest BCUT2D eigenvalue weighted by molar-refractivity contribution is 6.11. The highest BCUT2D eigenvalue weighted by Gasteiger charge is 2.24. The second-order valence-corrected chi connectivity index (χ2v) is 15.7. The third-order valence-corrected chi connectivity index (χ3v) is 10.7. The van der Waals surface area contributed by atoms with Gasteiger partial charge in [-0.15, -0.1) is 0 Å². The molecule has 0 saturated heterocycles. The number of ether oxygens (including phenoxy) is 1. The number of carbonyl (C=O) groups is 5. The van der Waals surface area contributed by atoms with Crippen LogP contribution in [0, 0.1) is 5.92 Å². The van der Waals surface area contributed by atoms with Gasteiger partial charge >= 0.3 is 6.09 Å². The Hall–Kier alpha value is -6.36. The quantitative estimate of drug-likeness (QED) is 0.0571. The van der Waals surface area contributed by atoms with E-state index in [0.717, 1.165) is 42.4 Å². The van der Waals surface area contributed by atoms with E-state index in [2.05, 4.69) is 44.6 Å². The summed E-state index contributed by atoms with van der Waals surface area (Å²) >= 11 is 0. The monoisotopic (exact) mass is 850 g/mol. The minimum absolute atomic E-state index is 0.00125. The van der Waals surface area contributed by atoms with Crippen LogP contribution in [0.5, 0.6) is 5.88 Å². The summed E-state index contributed by atoms with van der Waals surface area (Å²) in [6, 6.07) is 23.9. The Bertz CT molecular complexity index is 2160. The molecule has 1 aliphatic carbocycles. The molecule has 0 spiro atoms. The van der Waals surface area contributed by atoms with Crippen LogP contribution in [-0.4, -0.2) is 112 Å². The fraction of sp³-hybridized carbons (Fsp3) is 0.391. The Balaban J connectivity index is 1.23. The van der Waals surface area contributed by atoms with Gasteiger partial charge < -0.3 is 41.5 Å². The molecule has 1 atom stereocenters. The van der Waals surface area contributed by atoms with E-state index in [0.29, 0.717) is 62.1 Å². The van der Waals surface area contributed by atoms with Crippen molar-refractivity contribution in [3.05, 3.63) is 118 Å². The molecule has 0 bridgehead atoms. The first kappa shape index (κ1) is 46.7. The van der Waals surface area contributed by atoms with Crippen LogP contribution in [0.2, 0.25) is 0 Å². The molecule has 330 valence electrons. The Labute approximate surface area is 362 Å². The van der Waals surface area contributed by atoms with E-state index in [9.17, 15) is 34.2 Å². The van der Waals surface area contributed by atoms with Gasteiger partial charge in [-0.2, -0.15) is 0 Å². The number of pyridine rings is 1. The number of aromatic nitrogens is 1. The fourth-order valence-corrected chi connectivity index (χ4v) is 6.87. The lowest BCUT2D eigenvalue weighted by Gasteiger charge is -2.31. The lowest BCUT2D eigenvalue weighted by molar-refractivity contribution is -0.120. The van der Waals surface area contributed by atoms with Crippen LogP contribution in [0.25, 0.3) is 0 Å². The Kier molecular flexibility index (Phi) is 16.9. The van der Waals surface area contributed by atoms with Crippen LogP contribution in [0.4, 0.5) is 16.2 Å². The summed E-state index contributed by atoms with van der Waals surface area (Å²) < 4.78 is 5.90. The zero-order chi connectivity index (χ0) is 44.8. The number of amides is 5. The number of hydrogen-bond donors (Lipinski definition) is 6. The number of aliphatic hydroxyl groups is 1. The molecule has 5 amide bonds. The number of carboxylic acid groups (broad SMARTS) is 1. The van der Waals surface area contributed by atoms with Crippen molar-refractivity contribution in [3.63, 3.8) is 0 Å². The predicted octanol–water partition coefficient (Wildman–Crippen LogP) is 5.18. The molecule has 4 aromatic rings. The summed E-state index contributed by atoms with van der Waals surface area (Å²) in [7, 11) is 3.51. The average molecular weight is 851 g/mol. The van der Waals surface area contributed by atoms with Crippen molar-refractivity contribution in [2.45, 2.75) is 71.2 Å². The zero-order valence-corrected chi connectivity index (χ0v) is 35.8. The fourth-order valence-electron chi connectivity index (χ4n) is 6.87. The van der Waals surface area contributed by atoms with Gasteiger partial charge in [-0.05, 0) is 97.8 Å². The molecule has 1 aliphatic rings. The molecular formula is C46H58N8O8. The van der Waals surface area contributed by atoms with Gasteiger partial charge in [0.05, 0.1) is 18.9 Å². The summed E-state index contributed by atoms with van der Waals surface area (Å²) in [5, 5.41) is 26.9. The number of nitrogens with zero attached hydrogens (tertiary/aromatic N) is 4. The number of primary amides is 1. The molecule has 1 aromatic heterocycles. The lowest BCUT2D eigenvalue weighted by atomic mass is 10.1. The van der Waals surface area contributed by atoms with Gasteiger partial charge in [-0.3, -0.25) is 29.0 Å². The second-order valence-electron chi connectivity index (χ2n) is 15.7. The van der Waals surface area contributed by atoms with Gasteiger partial charge in [0, 0.05) is 68.7 Å². The first-order valence-corrected chi connectivity index (χ1v) is 20.9. The molecule has 3 aromatic carbocycles. The molecule has 62 heavy (non-hydrogen) atoms. The van der Waals surface area contributed by atoms with E-state index in [-0.39, 0.29) is 23.3 Å². The van der Waals surface area contributed by atoms with Crippen molar-refractivity contribution in [2.75, 3.05) is 51.0 Å². The van der Waals surface area contributed by atoms with E-state index >= 15 is 0 Å². The van der Waals surface area contributed by atoms with Crippen LogP contribution < -0.4 is 26.4 Å². The minimum Gasteiger partial charge on any atom is -0.477 e. The Morgan fingerprint density at radius 1 is 0.790 bits per heavy atom. The molecule has 5 rings (SSSR count). The van der Waals surface area contributed by atoms with Gasteiger partial charge in [-0.25, -0.2) is 9.78 Å². The van der Waals surface area contributed by atoms with Gasteiger partial charge in [0.1, 0.15) is 6.04 Å². The number of anilines is 2.